The van der Waals surface area contributed by atoms with E-state index in [9.17, 15) is 0 Å². The predicted octanol–water partition coefficient (Wildman–Crippen LogP) is 4.63. The Balaban J connectivity index is 1.69. The van der Waals surface area contributed by atoms with Crippen LogP contribution in [0.2, 0.25) is 0 Å². The molecule has 0 N–H and O–H groups in total. The van der Waals surface area contributed by atoms with E-state index in [1.54, 1.807) is 18.0 Å². The molecular formula is C16H13NOS. The van der Waals surface area contributed by atoms with Gasteiger partial charge in [-0.15, -0.1) is 0 Å². The molecule has 0 spiro atoms. The molecule has 2 aromatic carbocycles. The maximum Gasteiger partial charge on any atom is 0.256 e. The van der Waals surface area contributed by atoms with Gasteiger partial charge in [0.05, 0.1) is 6.20 Å². The highest BCUT2D eigenvalue weighted by molar-refractivity contribution is 7.98. The average Bonchev–Trinajstić information content (AvgIpc) is 2.96. The standard InChI is InChI=1S/C16H13NOS/c1-3-7-13(8-4-1)12-19-16-17-11-15(18-16)14-9-5-2-6-10-14/h1-11H,12H2. The molecule has 19 heavy (non-hydrogen) atoms. The second-order valence-corrected chi connectivity index (χ2v) is 5.06. The number of rotatable bonds is 4. The van der Waals surface area contributed by atoms with Crippen LogP contribution in [-0.2, 0) is 5.75 Å². The van der Waals surface area contributed by atoms with Crippen molar-refractivity contribution >= 4 is 11.8 Å². The second-order valence-electron chi connectivity index (χ2n) is 4.13. The van der Waals surface area contributed by atoms with Crippen LogP contribution >= 0.6 is 11.8 Å². The van der Waals surface area contributed by atoms with Crippen molar-refractivity contribution in [1.82, 2.24) is 4.98 Å². The van der Waals surface area contributed by atoms with Gasteiger partial charge in [-0.2, -0.15) is 0 Å². The van der Waals surface area contributed by atoms with Crippen LogP contribution in [0.15, 0.2) is 76.5 Å². The van der Waals surface area contributed by atoms with Crippen LogP contribution in [0.5, 0.6) is 0 Å². The number of hydrogen-bond acceptors (Lipinski definition) is 3. The van der Waals surface area contributed by atoms with Gasteiger partial charge in [-0.3, -0.25) is 0 Å². The van der Waals surface area contributed by atoms with E-state index in [0.29, 0.717) is 5.22 Å². The summed E-state index contributed by atoms with van der Waals surface area (Å²) >= 11 is 1.61. The lowest BCUT2D eigenvalue weighted by Crippen LogP contribution is -1.78. The molecule has 3 heteroatoms. The zero-order valence-electron chi connectivity index (χ0n) is 10.3. The van der Waals surface area contributed by atoms with Crippen LogP contribution in [0.4, 0.5) is 0 Å². The number of aromatic nitrogens is 1. The fourth-order valence-electron chi connectivity index (χ4n) is 1.78. The van der Waals surface area contributed by atoms with E-state index in [2.05, 4.69) is 17.1 Å². The van der Waals surface area contributed by atoms with Crippen molar-refractivity contribution in [3.8, 4) is 11.3 Å². The summed E-state index contributed by atoms with van der Waals surface area (Å²) in [6.45, 7) is 0. The highest BCUT2D eigenvalue weighted by Crippen LogP contribution is 2.27. The van der Waals surface area contributed by atoms with Crippen LogP contribution in [0.25, 0.3) is 11.3 Å². The Morgan fingerprint density at radius 1 is 0.895 bits per heavy atom. The molecule has 0 amide bonds. The number of thioether (sulfide) groups is 1. The Morgan fingerprint density at radius 2 is 1.58 bits per heavy atom. The lowest BCUT2D eigenvalue weighted by atomic mass is 10.2. The molecule has 94 valence electrons. The number of oxazole rings is 1. The fourth-order valence-corrected chi connectivity index (χ4v) is 2.54. The van der Waals surface area contributed by atoms with Gasteiger partial charge in [-0.1, -0.05) is 72.4 Å². The fraction of sp³-hybridized carbons (Fsp3) is 0.0625. The number of nitrogens with zero attached hydrogens (tertiary/aromatic N) is 1. The summed E-state index contributed by atoms with van der Waals surface area (Å²) in [5.41, 5.74) is 2.33. The summed E-state index contributed by atoms with van der Waals surface area (Å²) in [5, 5.41) is 0.711. The quantitative estimate of drug-likeness (QED) is 0.644. The Hall–Kier alpha value is -2.00. The van der Waals surface area contributed by atoms with Crippen LogP contribution in [0, 0.1) is 0 Å². The Bertz CT molecular complexity index is 634. The average molecular weight is 267 g/mol. The van der Waals surface area contributed by atoms with Gasteiger partial charge in [-0.25, -0.2) is 4.98 Å². The molecular weight excluding hydrogens is 254 g/mol. The molecule has 0 unspecified atom stereocenters. The van der Waals surface area contributed by atoms with Gasteiger partial charge >= 0.3 is 0 Å². The largest absolute Gasteiger partial charge is 0.431 e. The summed E-state index contributed by atoms with van der Waals surface area (Å²) in [7, 11) is 0. The first-order valence-corrected chi connectivity index (χ1v) is 7.08. The van der Waals surface area contributed by atoms with E-state index in [-0.39, 0.29) is 0 Å². The minimum absolute atomic E-state index is 0.711. The Morgan fingerprint density at radius 3 is 2.32 bits per heavy atom. The van der Waals surface area contributed by atoms with E-state index < -0.39 is 0 Å². The smallest absolute Gasteiger partial charge is 0.256 e. The van der Waals surface area contributed by atoms with Gasteiger partial charge < -0.3 is 4.42 Å². The van der Waals surface area contributed by atoms with Crippen molar-refractivity contribution in [3.63, 3.8) is 0 Å². The van der Waals surface area contributed by atoms with Gasteiger partial charge in [-0.05, 0) is 5.56 Å². The minimum atomic E-state index is 0.711. The molecule has 0 aliphatic heterocycles. The molecule has 2 nitrogen and oxygen atoms in total. The molecule has 1 heterocycles. The summed E-state index contributed by atoms with van der Waals surface area (Å²) in [6.07, 6.45) is 1.78. The molecule has 0 radical (unpaired) electrons. The van der Waals surface area contributed by atoms with Crippen molar-refractivity contribution in [3.05, 3.63) is 72.4 Å². The maximum atomic E-state index is 5.74. The lowest BCUT2D eigenvalue weighted by molar-refractivity contribution is 0.466. The number of hydrogen-bond donors (Lipinski definition) is 0. The van der Waals surface area contributed by atoms with Crippen molar-refractivity contribution in [1.29, 1.82) is 0 Å². The molecule has 3 aromatic rings. The monoisotopic (exact) mass is 267 g/mol. The second kappa shape index (κ2) is 5.76. The molecule has 1 aromatic heterocycles. The third-order valence-corrected chi connectivity index (χ3v) is 3.66. The van der Waals surface area contributed by atoms with Crippen molar-refractivity contribution in [2.24, 2.45) is 0 Å². The zero-order chi connectivity index (χ0) is 12.9. The first-order chi connectivity index (χ1) is 9.42. The molecule has 0 saturated carbocycles. The summed E-state index contributed by atoms with van der Waals surface area (Å²) in [5.74, 6) is 1.69. The molecule has 0 bridgehead atoms. The molecule has 0 saturated heterocycles. The van der Waals surface area contributed by atoms with E-state index in [0.717, 1.165) is 17.1 Å². The van der Waals surface area contributed by atoms with Crippen molar-refractivity contribution in [2.75, 3.05) is 0 Å². The Kier molecular flexibility index (Phi) is 3.65. The predicted molar refractivity (Wildman–Crippen MR) is 77.9 cm³/mol. The molecule has 0 aliphatic carbocycles. The molecule has 0 atom stereocenters. The van der Waals surface area contributed by atoms with Gasteiger partial charge in [0.25, 0.3) is 5.22 Å². The third-order valence-electron chi connectivity index (χ3n) is 2.75. The van der Waals surface area contributed by atoms with Gasteiger partial charge in [0.2, 0.25) is 0 Å². The van der Waals surface area contributed by atoms with Crippen molar-refractivity contribution < 1.29 is 4.42 Å². The Labute approximate surface area is 116 Å². The van der Waals surface area contributed by atoms with E-state index >= 15 is 0 Å². The van der Waals surface area contributed by atoms with E-state index in [4.69, 9.17) is 4.42 Å². The van der Waals surface area contributed by atoms with Crippen LogP contribution in [0.1, 0.15) is 5.56 Å². The maximum absolute atomic E-state index is 5.74. The first kappa shape index (κ1) is 12.1. The van der Waals surface area contributed by atoms with E-state index in [1.165, 1.54) is 5.56 Å². The molecule has 0 aliphatic rings. The highest BCUT2D eigenvalue weighted by Gasteiger charge is 2.06. The van der Waals surface area contributed by atoms with Crippen LogP contribution in [-0.4, -0.2) is 4.98 Å². The first-order valence-electron chi connectivity index (χ1n) is 6.10. The zero-order valence-corrected chi connectivity index (χ0v) is 11.1. The molecule has 0 fully saturated rings. The van der Waals surface area contributed by atoms with Gasteiger partial charge in [0.1, 0.15) is 0 Å². The summed E-state index contributed by atoms with van der Waals surface area (Å²) in [4.78, 5) is 4.30. The lowest BCUT2D eigenvalue weighted by Gasteiger charge is -1.97. The summed E-state index contributed by atoms with van der Waals surface area (Å²) in [6, 6.07) is 20.3. The SMILES string of the molecule is c1ccc(CSc2ncc(-c3ccccc3)o2)cc1. The molecule has 3 rings (SSSR count). The normalized spacial score (nSPS) is 10.5. The van der Waals surface area contributed by atoms with Crippen LogP contribution < -0.4 is 0 Å². The van der Waals surface area contributed by atoms with Gasteiger partial charge in [0, 0.05) is 11.3 Å². The third kappa shape index (κ3) is 3.06. The van der Waals surface area contributed by atoms with Crippen molar-refractivity contribution in [2.45, 2.75) is 11.0 Å². The van der Waals surface area contributed by atoms with E-state index in [1.807, 2.05) is 48.5 Å². The minimum Gasteiger partial charge on any atom is -0.431 e. The summed E-state index contributed by atoms with van der Waals surface area (Å²) < 4.78 is 5.74. The van der Waals surface area contributed by atoms with Crippen LogP contribution in [0.3, 0.4) is 0 Å². The number of benzene rings is 2. The topological polar surface area (TPSA) is 26.0 Å². The highest BCUT2D eigenvalue weighted by atomic mass is 32.2. The van der Waals surface area contributed by atoms with Gasteiger partial charge in [0.15, 0.2) is 5.76 Å².